The first-order valence-electron chi connectivity index (χ1n) is 12.7. The van der Waals surface area contributed by atoms with E-state index in [0.29, 0.717) is 30.2 Å². The van der Waals surface area contributed by atoms with Crippen LogP contribution in [0.15, 0.2) is 60.7 Å². The maximum atomic E-state index is 13.7. The van der Waals surface area contributed by atoms with Crippen LogP contribution in [0, 0.1) is 12.7 Å². The smallest absolute Gasteiger partial charge is 0.254 e. The molecule has 1 aromatic heterocycles. The van der Waals surface area contributed by atoms with Crippen LogP contribution in [0.25, 0.3) is 0 Å². The van der Waals surface area contributed by atoms with E-state index in [0.717, 1.165) is 42.9 Å². The molecule has 196 valence electrons. The fourth-order valence-electron chi connectivity index (χ4n) is 4.54. The van der Waals surface area contributed by atoms with Gasteiger partial charge < -0.3 is 14.7 Å². The van der Waals surface area contributed by atoms with E-state index in [-0.39, 0.29) is 24.2 Å². The predicted octanol–water partition coefficient (Wildman–Crippen LogP) is 6.01. The van der Waals surface area contributed by atoms with Crippen molar-refractivity contribution in [1.82, 2.24) is 14.7 Å². The Morgan fingerprint density at radius 2 is 1.62 bits per heavy atom. The topological polar surface area (TPSA) is 43.9 Å². The van der Waals surface area contributed by atoms with Gasteiger partial charge in [0, 0.05) is 40.0 Å². The van der Waals surface area contributed by atoms with Crippen molar-refractivity contribution >= 4 is 34.8 Å². The monoisotopic (exact) mass is 541 g/mol. The van der Waals surface area contributed by atoms with Gasteiger partial charge in [-0.15, -0.1) is 11.3 Å². The Balaban J connectivity index is 1.53. The Morgan fingerprint density at radius 3 is 2.27 bits per heavy atom. The molecule has 0 spiro atoms. The van der Waals surface area contributed by atoms with Crippen molar-refractivity contribution in [2.45, 2.75) is 39.3 Å². The standard InChI is InChI=1S/C29H33ClFN3O2S/c1-22-5-14-27(37-22)20-34(19-23-6-12-26(31)13-7-23)28(35)21-33(18-17-32-15-3-2-4-16-32)29(36)24-8-10-25(30)11-9-24/h5-14H,2-4,15-21H2,1H3. The lowest BCUT2D eigenvalue weighted by molar-refractivity contribution is -0.133. The third-order valence-corrected chi connectivity index (χ3v) is 7.86. The molecule has 2 aromatic carbocycles. The minimum Gasteiger partial charge on any atom is -0.332 e. The fourth-order valence-corrected chi connectivity index (χ4v) is 5.57. The number of piperidine rings is 1. The molecule has 4 rings (SSSR count). The molecule has 2 heterocycles. The number of nitrogens with zero attached hydrogens (tertiary/aromatic N) is 3. The molecule has 0 aliphatic carbocycles. The Kier molecular flexibility index (Phi) is 9.72. The maximum absolute atomic E-state index is 13.7. The molecule has 0 N–H and O–H groups in total. The highest BCUT2D eigenvalue weighted by atomic mass is 35.5. The van der Waals surface area contributed by atoms with Crippen LogP contribution in [0.2, 0.25) is 5.02 Å². The fraction of sp³-hybridized carbons (Fsp3) is 0.379. The quantitative estimate of drug-likeness (QED) is 0.316. The van der Waals surface area contributed by atoms with Crippen LogP contribution in [0.1, 0.15) is 44.9 Å². The number of aryl methyl sites for hydroxylation is 1. The second kappa shape index (κ2) is 13.2. The van der Waals surface area contributed by atoms with Crippen LogP contribution in [-0.4, -0.2) is 59.2 Å². The number of hydrogen-bond donors (Lipinski definition) is 0. The summed E-state index contributed by atoms with van der Waals surface area (Å²) in [5.41, 5.74) is 1.35. The normalized spacial score (nSPS) is 13.9. The first kappa shape index (κ1) is 27.3. The largest absolute Gasteiger partial charge is 0.332 e. The van der Waals surface area contributed by atoms with E-state index in [4.69, 9.17) is 11.6 Å². The van der Waals surface area contributed by atoms with Crippen LogP contribution in [-0.2, 0) is 17.9 Å². The molecule has 37 heavy (non-hydrogen) atoms. The highest BCUT2D eigenvalue weighted by Crippen LogP contribution is 2.20. The molecule has 0 saturated carbocycles. The van der Waals surface area contributed by atoms with Gasteiger partial charge in [-0.3, -0.25) is 9.59 Å². The molecule has 8 heteroatoms. The van der Waals surface area contributed by atoms with Gasteiger partial charge in [0.25, 0.3) is 5.91 Å². The molecule has 1 aliphatic heterocycles. The summed E-state index contributed by atoms with van der Waals surface area (Å²) in [5.74, 6) is -0.639. The molecule has 0 atom stereocenters. The predicted molar refractivity (Wildman–Crippen MR) is 147 cm³/mol. The van der Waals surface area contributed by atoms with Crippen LogP contribution < -0.4 is 0 Å². The lowest BCUT2D eigenvalue weighted by Gasteiger charge is -2.31. The molecular weight excluding hydrogens is 509 g/mol. The minimum absolute atomic E-state index is 0.0269. The number of benzene rings is 2. The zero-order valence-electron chi connectivity index (χ0n) is 21.2. The molecule has 1 fully saturated rings. The van der Waals surface area contributed by atoms with E-state index >= 15 is 0 Å². The van der Waals surface area contributed by atoms with Crippen molar-refractivity contribution in [2.75, 3.05) is 32.7 Å². The average Bonchev–Trinajstić information content (AvgIpc) is 3.32. The van der Waals surface area contributed by atoms with Gasteiger partial charge in [-0.1, -0.05) is 30.2 Å². The van der Waals surface area contributed by atoms with E-state index in [2.05, 4.69) is 4.90 Å². The molecule has 0 bridgehead atoms. The lowest BCUT2D eigenvalue weighted by atomic mass is 10.1. The molecule has 0 unspecified atom stereocenters. The number of halogens is 2. The summed E-state index contributed by atoms with van der Waals surface area (Å²) in [6.07, 6.45) is 3.56. The number of carbonyl (C=O) groups is 2. The van der Waals surface area contributed by atoms with Gasteiger partial charge in [0.05, 0.1) is 6.54 Å². The molecule has 5 nitrogen and oxygen atoms in total. The van der Waals surface area contributed by atoms with E-state index < -0.39 is 0 Å². The van der Waals surface area contributed by atoms with Gasteiger partial charge >= 0.3 is 0 Å². The molecule has 3 aromatic rings. The second-order valence-electron chi connectivity index (χ2n) is 9.52. The van der Waals surface area contributed by atoms with Crippen molar-refractivity contribution in [3.63, 3.8) is 0 Å². The van der Waals surface area contributed by atoms with Gasteiger partial charge in [0.15, 0.2) is 0 Å². The maximum Gasteiger partial charge on any atom is 0.254 e. The molecule has 2 amide bonds. The SMILES string of the molecule is Cc1ccc(CN(Cc2ccc(F)cc2)C(=O)CN(CCN2CCCCC2)C(=O)c2ccc(Cl)cc2)s1. The zero-order chi connectivity index (χ0) is 26.2. The number of thiophene rings is 1. The van der Waals surface area contributed by atoms with Crippen LogP contribution in [0.3, 0.4) is 0 Å². The van der Waals surface area contributed by atoms with Gasteiger partial charge in [-0.25, -0.2) is 4.39 Å². The number of hydrogen-bond acceptors (Lipinski definition) is 4. The summed E-state index contributed by atoms with van der Waals surface area (Å²) in [6.45, 7) is 6.02. The minimum atomic E-state index is -0.312. The third kappa shape index (κ3) is 8.12. The van der Waals surface area contributed by atoms with Crippen molar-refractivity contribution in [3.8, 4) is 0 Å². The molecule has 1 aliphatic rings. The number of carbonyl (C=O) groups excluding carboxylic acids is 2. The summed E-state index contributed by atoms with van der Waals surface area (Å²) in [5, 5.41) is 0.559. The van der Waals surface area contributed by atoms with Crippen molar-refractivity contribution < 1.29 is 14.0 Å². The van der Waals surface area contributed by atoms with E-state index in [1.807, 2.05) is 19.1 Å². The van der Waals surface area contributed by atoms with Crippen LogP contribution in [0.4, 0.5) is 4.39 Å². The Hall–Kier alpha value is -2.74. The van der Waals surface area contributed by atoms with Crippen LogP contribution >= 0.6 is 22.9 Å². The van der Waals surface area contributed by atoms with E-state index in [9.17, 15) is 14.0 Å². The molecule has 1 saturated heterocycles. The lowest BCUT2D eigenvalue weighted by Crippen LogP contribution is -2.46. The van der Waals surface area contributed by atoms with E-state index in [1.54, 1.807) is 57.5 Å². The van der Waals surface area contributed by atoms with Gasteiger partial charge in [-0.05, 0) is 86.9 Å². The van der Waals surface area contributed by atoms with E-state index in [1.165, 1.54) is 23.4 Å². The van der Waals surface area contributed by atoms with Crippen molar-refractivity contribution in [3.05, 3.63) is 92.4 Å². The van der Waals surface area contributed by atoms with Crippen LogP contribution in [0.5, 0.6) is 0 Å². The summed E-state index contributed by atoms with van der Waals surface area (Å²) in [7, 11) is 0. The van der Waals surface area contributed by atoms with Gasteiger partial charge in [0.1, 0.15) is 12.4 Å². The first-order chi connectivity index (χ1) is 17.9. The zero-order valence-corrected chi connectivity index (χ0v) is 22.7. The first-order valence-corrected chi connectivity index (χ1v) is 13.9. The number of likely N-dealkylation sites (tertiary alicyclic amines) is 1. The Morgan fingerprint density at radius 1 is 0.919 bits per heavy atom. The second-order valence-corrected chi connectivity index (χ2v) is 11.3. The van der Waals surface area contributed by atoms with Crippen molar-refractivity contribution in [2.24, 2.45) is 0 Å². The number of amides is 2. The number of rotatable bonds is 10. The molecule has 0 radical (unpaired) electrons. The van der Waals surface area contributed by atoms with Crippen molar-refractivity contribution in [1.29, 1.82) is 0 Å². The Bertz CT molecular complexity index is 1180. The average molecular weight is 542 g/mol. The highest BCUT2D eigenvalue weighted by Gasteiger charge is 2.24. The summed E-state index contributed by atoms with van der Waals surface area (Å²) in [4.78, 5) is 35.2. The van der Waals surface area contributed by atoms with Gasteiger partial charge in [0.2, 0.25) is 5.91 Å². The molecular formula is C29H33ClFN3O2S. The summed E-state index contributed by atoms with van der Waals surface area (Å²) >= 11 is 7.68. The summed E-state index contributed by atoms with van der Waals surface area (Å²) in [6, 6.07) is 17.1. The highest BCUT2D eigenvalue weighted by molar-refractivity contribution is 7.11. The summed E-state index contributed by atoms with van der Waals surface area (Å²) < 4.78 is 13.5. The third-order valence-electron chi connectivity index (χ3n) is 6.62. The Labute approximate surface area is 227 Å². The van der Waals surface area contributed by atoms with Gasteiger partial charge in [-0.2, -0.15) is 0 Å².